The Labute approximate surface area is 122 Å². The lowest BCUT2D eigenvalue weighted by atomic mass is 10.2. The molecule has 0 radical (unpaired) electrons. The fraction of sp³-hybridized carbons (Fsp3) is 0.125. The summed E-state index contributed by atoms with van der Waals surface area (Å²) in [4.78, 5) is 15.0. The van der Waals surface area contributed by atoms with Crippen molar-refractivity contribution in [2.45, 2.75) is 6.92 Å². The van der Waals surface area contributed by atoms with Gasteiger partial charge in [-0.2, -0.15) is 0 Å². The molecule has 21 heavy (non-hydrogen) atoms. The Bertz CT molecular complexity index is 662. The normalized spacial score (nSPS) is 10.7. The standard InChI is InChI=1S/C16H15NO4/c1-2-21-15-9-11(3-8-14(15)18)10-17-13-6-4-12(5-7-13)16(19)20/h3-10,18H,2H2,1H3,(H,19,20). The van der Waals surface area contributed by atoms with Crippen molar-refractivity contribution in [2.24, 2.45) is 4.99 Å². The summed E-state index contributed by atoms with van der Waals surface area (Å²) in [6.45, 7) is 2.30. The molecule has 0 saturated carbocycles. The number of hydrogen-bond acceptors (Lipinski definition) is 4. The SMILES string of the molecule is CCOc1cc(C=Nc2ccc(C(=O)O)cc2)ccc1O. The average Bonchev–Trinajstić information content (AvgIpc) is 2.48. The van der Waals surface area contributed by atoms with Gasteiger partial charge in [-0.25, -0.2) is 4.79 Å². The number of carbonyl (C=O) groups is 1. The number of aliphatic imine (C=N–C) groups is 1. The number of aromatic carboxylic acids is 1. The molecule has 2 rings (SSSR count). The summed E-state index contributed by atoms with van der Waals surface area (Å²) in [5, 5.41) is 18.4. The molecule has 0 atom stereocenters. The third-order valence-corrected chi connectivity index (χ3v) is 2.76. The number of carboxylic acid groups (broad SMARTS) is 1. The second kappa shape index (κ2) is 6.56. The predicted molar refractivity (Wildman–Crippen MR) is 79.9 cm³/mol. The van der Waals surface area contributed by atoms with Gasteiger partial charge >= 0.3 is 5.97 Å². The van der Waals surface area contributed by atoms with Gasteiger partial charge in [-0.3, -0.25) is 4.99 Å². The molecule has 5 nitrogen and oxygen atoms in total. The van der Waals surface area contributed by atoms with Gasteiger partial charge in [-0.15, -0.1) is 0 Å². The van der Waals surface area contributed by atoms with Crippen LogP contribution in [0.1, 0.15) is 22.8 Å². The molecule has 0 fully saturated rings. The van der Waals surface area contributed by atoms with E-state index in [1.807, 2.05) is 6.92 Å². The van der Waals surface area contributed by atoms with E-state index >= 15 is 0 Å². The minimum absolute atomic E-state index is 0.0832. The molecule has 0 bridgehead atoms. The number of hydrogen-bond donors (Lipinski definition) is 2. The zero-order chi connectivity index (χ0) is 15.2. The van der Waals surface area contributed by atoms with Gasteiger partial charge in [0.25, 0.3) is 0 Å². The summed E-state index contributed by atoms with van der Waals surface area (Å²) >= 11 is 0. The minimum Gasteiger partial charge on any atom is -0.504 e. The molecular weight excluding hydrogens is 270 g/mol. The number of phenolic OH excluding ortho intramolecular Hbond substituents is 1. The quantitative estimate of drug-likeness (QED) is 0.826. The Hall–Kier alpha value is -2.82. The fourth-order valence-corrected chi connectivity index (χ4v) is 1.72. The van der Waals surface area contributed by atoms with Gasteiger partial charge in [0, 0.05) is 6.21 Å². The van der Waals surface area contributed by atoms with E-state index < -0.39 is 5.97 Å². The van der Waals surface area contributed by atoms with E-state index in [9.17, 15) is 9.90 Å². The highest BCUT2D eigenvalue weighted by Gasteiger charge is 2.03. The third-order valence-electron chi connectivity index (χ3n) is 2.76. The van der Waals surface area contributed by atoms with E-state index in [4.69, 9.17) is 9.84 Å². The van der Waals surface area contributed by atoms with Crippen LogP contribution in [0, 0.1) is 0 Å². The van der Waals surface area contributed by atoms with Crippen LogP contribution in [-0.2, 0) is 0 Å². The summed E-state index contributed by atoms with van der Waals surface area (Å²) in [6, 6.07) is 11.2. The maximum Gasteiger partial charge on any atom is 0.335 e. The summed E-state index contributed by atoms with van der Waals surface area (Å²) in [5.74, 6) is -0.479. The lowest BCUT2D eigenvalue weighted by Crippen LogP contribution is -1.94. The first-order chi connectivity index (χ1) is 10.1. The number of ether oxygens (including phenoxy) is 1. The predicted octanol–water partition coefficient (Wildman–Crippen LogP) is 3.24. The number of rotatable bonds is 5. The van der Waals surface area contributed by atoms with Crippen molar-refractivity contribution in [3.63, 3.8) is 0 Å². The van der Waals surface area contributed by atoms with E-state index in [0.29, 0.717) is 18.0 Å². The highest BCUT2D eigenvalue weighted by Crippen LogP contribution is 2.26. The number of nitrogens with zero attached hydrogens (tertiary/aromatic N) is 1. The van der Waals surface area contributed by atoms with E-state index in [-0.39, 0.29) is 11.3 Å². The monoisotopic (exact) mass is 285 g/mol. The van der Waals surface area contributed by atoms with Gasteiger partial charge in [0.15, 0.2) is 11.5 Å². The van der Waals surface area contributed by atoms with E-state index in [1.54, 1.807) is 36.5 Å². The molecule has 2 aromatic rings. The van der Waals surface area contributed by atoms with Crippen LogP contribution in [0.2, 0.25) is 0 Å². The maximum absolute atomic E-state index is 10.7. The minimum atomic E-state index is -0.967. The van der Waals surface area contributed by atoms with Crippen LogP contribution >= 0.6 is 0 Å². The van der Waals surface area contributed by atoms with Gasteiger partial charge in [-0.05, 0) is 55.0 Å². The summed E-state index contributed by atoms with van der Waals surface area (Å²) in [7, 11) is 0. The summed E-state index contributed by atoms with van der Waals surface area (Å²) < 4.78 is 5.29. The first-order valence-electron chi connectivity index (χ1n) is 6.43. The fourth-order valence-electron chi connectivity index (χ4n) is 1.72. The number of carboxylic acids is 1. The highest BCUT2D eigenvalue weighted by molar-refractivity contribution is 5.88. The van der Waals surface area contributed by atoms with E-state index in [1.165, 1.54) is 12.1 Å². The van der Waals surface area contributed by atoms with Crippen molar-refractivity contribution in [1.82, 2.24) is 0 Å². The van der Waals surface area contributed by atoms with Crippen LogP contribution in [0.3, 0.4) is 0 Å². The lowest BCUT2D eigenvalue weighted by molar-refractivity contribution is 0.0697. The van der Waals surface area contributed by atoms with Crippen molar-refractivity contribution in [1.29, 1.82) is 0 Å². The van der Waals surface area contributed by atoms with Gasteiger partial charge in [0.05, 0.1) is 17.9 Å². The molecule has 0 amide bonds. The van der Waals surface area contributed by atoms with Crippen LogP contribution in [0.25, 0.3) is 0 Å². The molecule has 0 aromatic heterocycles. The largest absolute Gasteiger partial charge is 0.504 e. The Balaban J connectivity index is 2.17. The maximum atomic E-state index is 10.7. The Kier molecular flexibility index (Phi) is 4.56. The second-order valence-electron chi connectivity index (χ2n) is 4.27. The molecule has 108 valence electrons. The molecule has 5 heteroatoms. The summed E-state index contributed by atoms with van der Waals surface area (Å²) in [5.41, 5.74) is 1.64. The van der Waals surface area contributed by atoms with Crippen LogP contribution in [0.5, 0.6) is 11.5 Å². The third kappa shape index (κ3) is 3.82. The van der Waals surface area contributed by atoms with Gasteiger partial charge in [-0.1, -0.05) is 0 Å². The first kappa shape index (κ1) is 14.6. The molecule has 0 unspecified atom stereocenters. The van der Waals surface area contributed by atoms with E-state index in [2.05, 4.69) is 4.99 Å². The molecule has 2 N–H and O–H groups in total. The smallest absolute Gasteiger partial charge is 0.335 e. The van der Waals surface area contributed by atoms with Crippen molar-refractivity contribution in [3.05, 3.63) is 53.6 Å². The van der Waals surface area contributed by atoms with Gasteiger partial charge < -0.3 is 14.9 Å². The number of benzene rings is 2. The second-order valence-corrected chi connectivity index (χ2v) is 4.27. The molecule has 0 aliphatic carbocycles. The number of aromatic hydroxyl groups is 1. The van der Waals surface area contributed by atoms with Crippen molar-refractivity contribution >= 4 is 17.9 Å². The topological polar surface area (TPSA) is 79.1 Å². The molecule has 0 heterocycles. The highest BCUT2D eigenvalue weighted by atomic mass is 16.5. The van der Waals surface area contributed by atoms with Crippen LogP contribution in [0.4, 0.5) is 5.69 Å². The Morgan fingerprint density at radius 3 is 2.57 bits per heavy atom. The van der Waals surface area contributed by atoms with Gasteiger partial charge in [0.1, 0.15) is 0 Å². The van der Waals surface area contributed by atoms with Crippen LogP contribution in [0.15, 0.2) is 47.5 Å². The molecule has 0 aliphatic rings. The zero-order valence-electron chi connectivity index (χ0n) is 11.5. The van der Waals surface area contributed by atoms with Crippen molar-refractivity contribution < 1.29 is 19.7 Å². The van der Waals surface area contributed by atoms with Crippen molar-refractivity contribution in [2.75, 3.05) is 6.61 Å². The molecule has 0 spiro atoms. The van der Waals surface area contributed by atoms with Crippen LogP contribution in [-0.4, -0.2) is 29.0 Å². The Morgan fingerprint density at radius 1 is 1.24 bits per heavy atom. The van der Waals surface area contributed by atoms with Crippen LogP contribution < -0.4 is 4.74 Å². The van der Waals surface area contributed by atoms with E-state index in [0.717, 1.165) is 5.56 Å². The average molecular weight is 285 g/mol. The van der Waals surface area contributed by atoms with Crippen molar-refractivity contribution in [3.8, 4) is 11.5 Å². The first-order valence-corrected chi connectivity index (χ1v) is 6.43. The number of phenols is 1. The molecule has 0 aliphatic heterocycles. The molecule has 2 aromatic carbocycles. The molecular formula is C16H15NO4. The molecule has 0 saturated heterocycles. The lowest BCUT2D eigenvalue weighted by Gasteiger charge is -2.05. The Morgan fingerprint density at radius 2 is 1.95 bits per heavy atom. The van der Waals surface area contributed by atoms with Gasteiger partial charge in [0.2, 0.25) is 0 Å². The summed E-state index contributed by atoms with van der Waals surface area (Å²) in [6.07, 6.45) is 1.62. The zero-order valence-corrected chi connectivity index (χ0v) is 11.5.